The number of piperidine rings is 1. The van der Waals surface area contributed by atoms with Gasteiger partial charge in [-0.15, -0.1) is 0 Å². The Balaban J connectivity index is 1.69. The second-order valence-electron chi connectivity index (χ2n) is 7.20. The highest BCUT2D eigenvalue weighted by atomic mass is 16.1. The summed E-state index contributed by atoms with van der Waals surface area (Å²) in [6.07, 6.45) is 9.08. The van der Waals surface area contributed by atoms with Crippen molar-refractivity contribution in [3.63, 3.8) is 0 Å². The number of ketones is 1. The highest BCUT2D eigenvalue weighted by Crippen LogP contribution is 2.27. The summed E-state index contributed by atoms with van der Waals surface area (Å²) in [6, 6.07) is 8.66. The Morgan fingerprint density at radius 2 is 2.00 bits per heavy atom. The summed E-state index contributed by atoms with van der Waals surface area (Å²) in [4.78, 5) is 14.3. The molecule has 1 aromatic carbocycles. The van der Waals surface area contributed by atoms with E-state index >= 15 is 0 Å². The fourth-order valence-electron chi connectivity index (χ4n) is 4.10. The third kappa shape index (κ3) is 3.96. The molecule has 1 aromatic rings. The zero-order valence-corrected chi connectivity index (χ0v) is 14.6. The molecule has 2 aliphatic rings. The first kappa shape index (κ1) is 17.0. The lowest BCUT2D eigenvalue weighted by atomic mass is 9.92. The number of carbonyl (C=O) groups is 1. The number of carbonyl (C=O) groups excluding carboxylic acids is 1. The molecule has 1 aliphatic carbocycles. The second-order valence-corrected chi connectivity index (χ2v) is 7.20. The molecule has 0 aromatic heterocycles. The van der Waals surface area contributed by atoms with E-state index in [0.717, 1.165) is 24.7 Å². The number of rotatable bonds is 4. The fourth-order valence-corrected chi connectivity index (χ4v) is 4.10. The first-order valence-corrected chi connectivity index (χ1v) is 9.23. The van der Waals surface area contributed by atoms with Crippen LogP contribution in [0.25, 0.3) is 0 Å². The Morgan fingerprint density at radius 1 is 1.21 bits per heavy atom. The molecule has 1 N–H and O–H groups in total. The maximum absolute atomic E-state index is 11.6. The van der Waals surface area contributed by atoms with Crippen molar-refractivity contribution in [2.45, 2.75) is 64.0 Å². The van der Waals surface area contributed by atoms with Crippen molar-refractivity contribution < 1.29 is 4.79 Å². The Hall–Kier alpha value is -1.86. The number of likely N-dealkylation sites (tertiary alicyclic amines) is 1. The Morgan fingerprint density at radius 3 is 2.71 bits per heavy atom. The average molecular weight is 325 g/mol. The molecular formula is C20H27N3O. The highest BCUT2D eigenvalue weighted by Gasteiger charge is 2.27. The smallest absolute Gasteiger partial charge is 0.159 e. The van der Waals surface area contributed by atoms with Gasteiger partial charge in [0.1, 0.15) is 6.07 Å². The van der Waals surface area contributed by atoms with Crippen LogP contribution in [-0.4, -0.2) is 35.9 Å². The van der Waals surface area contributed by atoms with Crippen LogP contribution >= 0.6 is 0 Å². The first-order valence-electron chi connectivity index (χ1n) is 9.23. The molecule has 128 valence electrons. The summed E-state index contributed by atoms with van der Waals surface area (Å²) in [6.45, 7) is 3.80. The largest absolute Gasteiger partial charge is 0.380 e. The van der Waals surface area contributed by atoms with E-state index < -0.39 is 0 Å². The Kier molecular flexibility index (Phi) is 5.52. The predicted molar refractivity (Wildman–Crippen MR) is 96.3 cm³/mol. The van der Waals surface area contributed by atoms with Gasteiger partial charge in [0.25, 0.3) is 0 Å². The summed E-state index contributed by atoms with van der Waals surface area (Å²) in [5, 5.41) is 12.9. The van der Waals surface area contributed by atoms with Gasteiger partial charge in [-0.2, -0.15) is 5.26 Å². The standard InChI is InChI=1S/C20H27N3O/c1-15(24)16-9-10-17(13-21)20(12-16)22-18-6-5-11-23(14-18)19-7-3-2-4-8-19/h9-10,12,18-19,22H,2-8,11,14H2,1H3. The third-order valence-corrected chi connectivity index (χ3v) is 5.45. The van der Waals surface area contributed by atoms with Crippen molar-refractivity contribution >= 4 is 11.5 Å². The lowest BCUT2D eigenvalue weighted by Crippen LogP contribution is -2.47. The van der Waals surface area contributed by atoms with Crippen LogP contribution in [0.5, 0.6) is 0 Å². The van der Waals surface area contributed by atoms with Gasteiger partial charge in [0.2, 0.25) is 0 Å². The van der Waals surface area contributed by atoms with Crippen LogP contribution in [0.15, 0.2) is 18.2 Å². The van der Waals surface area contributed by atoms with E-state index in [2.05, 4.69) is 16.3 Å². The van der Waals surface area contributed by atoms with Crippen molar-refractivity contribution in [2.24, 2.45) is 0 Å². The first-order chi connectivity index (χ1) is 11.7. The molecule has 1 atom stereocenters. The van der Waals surface area contributed by atoms with Crippen LogP contribution in [0, 0.1) is 11.3 Å². The molecule has 0 spiro atoms. The Labute approximate surface area is 144 Å². The van der Waals surface area contributed by atoms with E-state index in [-0.39, 0.29) is 5.78 Å². The van der Waals surface area contributed by atoms with Gasteiger partial charge in [0.05, 0.1) is 11.3 Å². The molecule has 3 rings (SSSR count). The van der Waals surface area contributed by atoms with Crippen LogP contribution in [0.1, 0.15) is 67.8 Å². The number of hydrogen-bond donors (Lipinski definition) is 1. The van der Waals surface area contributed by atoms with Crippen LogP contribution in [-0.2, 0) is 0 Å². The number of nitrogens with one attached hydrogen (secondary N) is 1. The quantitative estimate of drug-likeness (QED) is 0.851. The van der Waals surface area contributed by atoms with E-state index in [1.807, 2.05) is 6.07 Å². The van der Waals surface area contributed by atoms with Gasteiger partial charge in [0.15, 0.2) is 5.78 Å². The highest BCUT2D eigenvalue weighted by molar-refractivity contribution is 5.95. The number of hydrogen-bond acceptors (Lipinski definition) is 4. The number of anilines is 1. The topological polar surface area (TPSA) is 56.1 Å². The summed E-state index contributed by atoms with van der Waals surface area (Å²) in [5.74, 6) is 0.0371. The molecule has 1 saturated carbocycles. The minimum atomic E-state index is 0.0371. The molecule has 24 heavy (non-hydrogen) atoms. The molecule has 4 heteroatoms. The lowest BCUT2D eigenvalue weighted by Gasteiger charge is -2.40. The van der Waals surface area contributed by atoms with Crippen molar-refractivity contribution in [1.29, 1.82) is 5.26 Å². The molecular weight excluding hydrogens is 298 g/mol. The number of nitriles is 1. The second kappa shape index (κ2) is 7.81. The Bertz CT molecular complexity index is 628. The maximum Gasteiger partial charge on any atom is 0.159 e. The van der Waals surface area contributed by atoms with Gasteiger partial charge >= 0.3 is 0 Å². The van der Waals surface area contributed by atoms with Gasteiger partial charge in [0, 0.05) is 24.2 Å². The molecule has 2 fully saturated rings. The zero-order chi connectivity index (χ0) is 16.9. The van der Waals surface area contributed by atoms with Gasteiger partial charge < -0.3 is 5.32 Å². The maximum atomic E-state index is 11.6. The van der Waals surface area contributed by atoms with E-state index in [1.165, 1.54) is 45.1 Å². The minimum absolute atomic E-state index is 0.0371. The van der Waals surface area contributed by atoms with Gasteiger partial charge in [-0.05, 0) is 57.4 Å². The molecule has 1 unspecified atom stereocenters. The average Bonchev–Trinajstić information content (AvgIpc) is 2.62. The van der Waals surface area contributed by atoms with Crippen molar-refractivity contribution in [2.75, 3.05) is 18.4 Å². The van der Waals surface area contributed by atoms with Crippen LogP contribution in [0.2, 0.25) is 0 Å². The van der Waals surface area contributed by atoms with E-state index in [1.54, 1.807) is 19.1 Å². The van der Waals surface area contributed by atoms with E-state index in [4.69, 9.17) is 0 Å². The molecule has 0 amide bonds. The van der Waals surface area contributed by atoms with Gasteiger partial charge in [-0.1, -0.05) is 19.3 Å². The predicted octanol–water partition coefficient (Wildman–Crippen LogP) is 3.97. The summed E-state index contributed by atoms with van der Waals surface area (Å²) >= 11 is 0. The molecule has 1 aliphatic heterocycles. The zero-order valence-electron chi connectivity index (χ0n) is 14.6. The van der Waals surface area contributed by atoms with Crippen molar-refractivity contribution in [3.05, 3.63) is 29.3 Å². The molecule has 0 radical (unpaired) electrons. The third-order valence-electron chi connectivity index (χ3n) is 5.45. The van der Waals surface area contributed by atoms with E-state index in [0.29, 0.717) is 17.2 Å². The van der Waals surface area contributed by atoms with Crippen LogP contribution < -0.4 is 5.32 Å². The summed E-state index contributed by atoms with van der Waals surface area (Å²) in [7, 11) is 0. The van der Waals surface area contributed by atoms with Crippen LogP contribution in [0.3, 0.4) is 0 Å². The molecule has 4 nitrogen and oxygen atoms in total. The SMILES string of the molecule is CC(=O)c1ccc(C#N)c(NC2CCCN(C3CCCCC3)C2)c1. The minimum Gasteiger partial charge on any atom is -0.380 e. The van der Waals surface area contributed by atoms with Crippen molar-refractivity contribution in [3.8, 4) is 6.07 Å². The molecule has 0 bridgehead atoms. The van der Waals surface area contributed by atoms with Crippen LogP contribution in [0.4, 0.5) is 5.69 Å². The normalized spacial score (nSPS) is 22.8. The molecule has 1 saturated heterocycles. The monoisotopic (exact) mass is 325 g/mol. The van der Waals surface area contributed by atoms with Gasteiger partial charge in [-0.3, -0.25) is 9.69 Å². The fraction of sp³-hybridized carbons (Fsp3) is 0.600. The van der Waals surface area contributed by atoms with E-state index in [9.17, 15) is 10.1 Å². The summed E-state index contributed by atoms with van der Waals surface area (Å²) in [5.41, 5.74) is 2.09. The number of benzene rings is 1. The van der Waals surface area contributed by atoms with Gasteiger partial charge in [-0.25, -0.2) is 0 Å². The number of Topliss-reactive ketones (excluding diaryl/α,β-unsaturated/α-hetero) is 1. The summed E-state index contributed by atoms with van der Waals surface area (Å²) < 4.78 is 0. The van der Waals surface area contributed by atoms with Crippen molar-refractivity contribution in [1.82, 2.24) is 4.90 Å². The lowest BCUT2D eigenvalue weighted by molar-refractivity contribution is 0.101. The molecule has 1 heterocycles. The number of nitrogens with zero attached hydrogens (tertiary/aromatic N) is 2.